The summed E-state index contributed by atoms with van der Waals surface area (Å²) in [7, 11) is 1.50. The van der Waals surface area contributed by atoms with E-state index < -0.39 is 17.8 Å². The van der Waals surface area contributed by atoms with Crippen molar-refractivity contribution < 1.29 is 18.7 Å². The minimum absolute atomic E-state index is 0.153. The molecule has 0 spiro atoms. The van der Waals surface area contributed by atoms with Crippen LogP contribution in [0.2, 0.25) is 5.02 Å². The Hall–Kier alpha value is -2.60. The Bertz CT molecular complexity index is 752. The molecular formula is C18H18ClFN2O3. The normalized spacial score (nSPS) is 11.5. The Morgan fingerprint density at radius 3 is 2.56 bits per heavy atom. The molecule has 0 fully saturated rings. The Morgan fingerprint density at radius 2 is 1.92 bits per heavy atom. The van der Waals surface area contributed by atoms with E-state index in [0.717, 1.165) is 0 Å². The van der Waals surface area contributed by atoms with Crippen LogP contribution >= 0.6 is 11.6 Å². The molecule has 0 saturated heterocycles. The van der Waals surface area contributed by atoms with Crippen molar-refractivity contribution in [1.82, 2.24) is 4.90 Å². The van der Waals surface area contributed by atoms with Gasteiger partial charge in [-0.1, -0.05) is 17.7 Å². The van der Waals surface area contributed by atoms with Gasteiger partial charge in [-0.15, -0.1) is 0 Å². The molecule has 0 aliphatic rings. The van der Waals surface area contributed by atoms with Crippen molar-refractivity contribution in [1.29, 1.82) is 0 Å². The van der Waals surface area contributed by atoms with E-state index in [0.29, 0.717) is 16.5 Å². The number of nitrogens with zero attached hydrogens (tertiary/aromatic N) is 1. The zero-order valence-corrected chi connectivity index (χ0v) is 14.6. The fourth-order valence-corrected chi connectivity index (χ4v) is 2.31. The largest absolute Gasteiger partial charge is 0.481 e. The van der Waals surface area contributed by atoms with Crippen molar-refractivity contribution in [2.45, 2.75) is 13.0 Å². The highest BCUT2D eigenvalue weighted by atomic mass is 35.5. The first-order valence-electron chi connectivity index (χ1n) is 7.58. The van der Waals surface area contributed by atoms with E-state index in [2.05, 4.69) is 5.32 Å². The fraction of sp³-hybridized carbons (Fsp3) is 0.222. The van der Waals surface area contributed by atoms with Crippen LogP contribution < -0.4 is 10.1 Å². The van der Waals surface area contributed by atoms with Crippen LogP contribution in [0.5, 0.6) is 5.75 Å². The van der Waals surface area contributed by atoms with Gasteiger partial charge in [-0.05, 0) is 49.4 Å². The molecule has 0 bridgehead atoms. The van der Waals surface area contributed by atoms with Crippen LogP contribution in [0.15, 0.2) is 48.5 Å². The SMILES string of the molecule is CC(Oc1cccc(Cl)c1)C(=O)N(C)CC(=O)Nc1ccc(F)cc1. The van der Waals surface area contributed by atoms with Crippen LogP contribution in [0.25, 0.3) is 0 Å². The van der Waals surface area contributed by atoms with E-state index in [-0.39, 0.29) is 12.5 Å². The molecule has 0 aromatic heterocycles. The number of ether oxygens (including phenoxy) is 1. The van der Waals surface area contributed by atoms with Crippen molar-refractivity contribution in [3.05, 3.63) is 59.4 Å². The summed E-state index contributed by atoms with van der Waals surface area (Å²) in [5.74, 6) is -0.665. The smallest absolute Gasteiger partial charge is 0.263 e. The van der Waals surface area contributed by atoms with Crippen molar-refractivity contribution in [2.75, 3.05) is 18.9 Å². The third kappa shape index (κ3) is 5.76. The average Bonchev–Trinajstić information content (AvgIpc) is 2.56. The second kappa shape index (κ2) is 8.48. The lowest BCUT2D eigenvalue weighted by atomic mass is 10.3. The maximum Gasteiger partial charge on any atom is 0.263 e. The minimum Gasteiger partial charge on any atom is -0.481 e. The summed E-state index contributed by atoms with van der Waals surface area (Å²) in [4.78, 5) is 25.5. The average molecular weight is 365 g/mol. The molecule has 2 rings (SSSR count). The molecule has 0 aliphatic carbocycles. The fourth-order valence-electron chi connectivity index (χ4n) is 2.13. The van der Waals surface area contributed by atoms with Crippen LogP contribution in [0, 0.1) is 5.82 Å². The maximum absolute atomic E-state index is 12.8. The summed E-state index contributed by atoms with van der Waals surface area (Å²) in [6, 6.07) is 12.1. The zero-order chi connectivity index (χ0) is 18.4. The molecule has 2 amide bonds. The van der Waals surface area contributed by atoms with Gasteiger partial charge < -0.3 is 15.0 Å². The maximum atomic E-state index is 12.8. The third-order valence-electron chi connectivity index (χ3n) is 3.34. The van der Waals surface area contributed by atoms with Crippen LogP contribution in [-0.2, 0) is 9.59 Å². The van der Waals surface area contributed by atoms with Gasteiger partial charge in [0.2, 0.25) is 5.91 Å². The van der Waals surface area contributed by atoms with E-state index in [1.807, 2.05) is 0 Å². The molecule has 7 heteroatoms. The van der Waals surface area contributed by atoms with Crippen molar-refractivity contribution in [2.24, 2.45) is 0 Å². The first-order chi connectivity index (χ1) is 11.8. The van der Waals surface area contributed by atoms with Crippen LogP contribution in [0.3, 0.4) is 0 Å². The number of halogens is 2. The number of carbonyl (C=O) groups excluding carboxylic acids is 2. The molecule has 2 aromatic rings. The van der Waals surface area contributed by atoms with Crippen molar-refractivity contribution in [3.63, 3.8) is 0 Å². The predicted molar refractivity (Wildman–Crippen MR) is 94.2 cm³/mol. The molecule has 5 nitrogen and oxygen atoms in total. The summed E-state index contributed by atoms with van der Waals surface area (Å²) in [5, 5.41) is 3.10. The second-order valence-electron chi connectivity index (χ2n) is 5.47. The highest BCUT2D eigenvalue weighted by Gasteiger charge is 2.21. The Kier molecular flexibility index (Phi) is 6.36. The molecule has 0 saturated carbocycles. The van der Waals surface area contributed by atoms with Crippen molar-refractivity contribution in [3.8, 4) is 5.75 Å². The lowest BCUT2D eigenvalue weighted by Crippen LogP contribution is -2.41. The van der Waals surface area contributed by atoms with Crippen molar-refractivity contribution >= 4 is 29.1 Å². The minimum atomic E-state index is -0.776. The van der Waals surface area contributed by atoms with Gasteiger partial charge in [0.1, 0.15) is 11.6 Å². The number of likely N-dealkylation sites (N-methyl/N-ethyl adjacent to an activating group) is 1. The molecule has 2 aromatic carbocycles. The highest BCUT2D eigenvalue weighted by molar-refractivity contribution is 6.30. The molecule has 0 radical (unpaired) electrons. The van der Waals surface area contributed by atoms with E-state index in [4.69, 9.17) is 16.3 Å². The Balaban J connectivity index is 1.88. The first-order valence-corrected chi connectivity index (χ1v) is 7.95. The van der Waals surface area contributed by atoms with Gasteiger partial charge in [-0.2, -0.15) is 0 Å². The van der Waals surface area contributed by atoms with E-state index in [9.17, 15) is 14.0 Å². The van der Waals surface area contributed by atoms with Crippen LogP contribution in [0.1, 0.15) is 6.92 Å². The molecular weight excluding hydrogens is 347 g/mol. The predicted octanol–water partition coefficient (Wildman–Crippen LogP) is 3.34. The van der Waals surface area contributed by atoms with Gasteiger partial charge >= 0.3 is 0 Å². The lowest BCUT2D eigenvalue weighted by molar-refractivity contribution is -0.139. The number of nitrogens with one attached hydrogen (secondary N) is 1. The number of amides is 2. The number of benzene rings is 2. The van der Waals surface area contributed by atoms with Gasteiger partial charge in [0, 0.05) is 17.8 Å². The standard InChI is InChI=1S/C18H18ClFN2O3/c1-12(25-16-5-3-4-13(19)10-16)18(24)22(2)11-17(23)21-15-8-6-14(20)7-9-15/h3-10,12H,11H2,1-2H3,(H,21,23). The molecule has 0 heterocycles. The molecule has 1 unspecified atom stereocenters. The quantitative estimate of drug-likeness (QED) is 0.855. The monoisotopic (exact) mass is 364 g/mol. The zero-order valence-electron chi connectivity index (χ0n) is 13.8. The van der Waals surface area contributed by atoms with Crippen LogP contribution in [-0.4, -0.2) is 36.4 Å². The van der Waals surface area contributed by atoms with Gasteiger partial charge in [0.15, 0.2) is 6.10 Å². The molecule has 132 valence electrons. The summed E-state index contributed by atoms with van der Waals surface area (Å²) < 4.78 is 18.4. The number of rotatable bonds is 6. The van der Waals surface area contributed by atoms with E-state index in [1.54, 1.807) is 31.2 Å². The summed E-state index contributed by atoms with van der Waals surface area (Å²) >= 11 is 5.87. The van der Waals surface area contributed by atoms with E-state index >= 15 is 0 Å². The van der Waals surface area contributed by atoms with Crippen LogP contribution in [0.4, 0.5) is 10.1 Å². The molecule has 0 aliphatic heterocycles. The number of hydrogen-bond acceptors (Lipinski definition) is 3. The Morgan fingerprint density at radius 1 is 1.24 bits per heavy atom. The Labute approximate surface area is 150 Å². The second-order valence-corrected chi connectivity index (χ2v) is 5.90. The number of hydrogen-bond donors (Lipinski definition) is 1. The van der Waals surface area contributed by atoms with Gasteiger partial charge in [0.05, 0.1) is 6.54 Å². The highest BCUT2D eigenvalue weighted by Crippen LogP contribution is 2.18. The molecule has 1 N–H and O–H groups in total. The molecule has 1 atom stereocenters. The number of carbonyl (C=O) groups is 2. The lowest BCUT2D eigenvalue weighted by Gasteiger charge is -2.21. The van der Waals surface area contributed by atoms with Gasteiger partial charge in [-0.25, -0.2) is 4.39 Å². The topological polar surface area (TPSA) is 58.6 Å². The summed E-state index contributed by atoms with van der Waals surface area (Å²) in [5.41, 5.74) is 0.454. The summed E-state index contributed by atoms with van der Waals surface area (Å²) in [6.07, 6.45) is -0.776. The van der Waals surface area contributed by atoms with Gasteiger partial charge in [-0.3, -0.25) is 9.59 Å². The van der Waals surface area contributed by atoms with E-state index in [1.165, 1.54) is 36.2 Å². The molecule has 25 heavy (non-hydrogen) atoms. The summed E-state index contributed by atoms with van der Waals surface area (Å²) in [6.45, 7) is 1.44. The third-order valence-corrected chi connectivity index (χ3v) is 3.58. The first kappa shape index (κ1) is 18.7. The van der Waals surface area contributed by atoms with Gasteiger partial charge in [0.25, 0.3) is 5.91 Å². The number of anilines is 1.